The van der Waals surface area contributed by atoms with E-state index in [2.05, 4.69) is 9.97 Å². The minimum atomic E-state index is -0.681. The standard InChI is InChI=1S/C19H12F3N3S/c20-13-8-12(9-14(21)10-13)11-25(17-6-2-1-4-15(17)22)19-24-16-5-3-7-23-18(16)26-19/h1-10H,11H2. The average molecular weight is 371 g/mol. The Balaban J connectivity index is 1.82. The number of fused-ring (bicyclic) bond motifs is 1. The predicted octanol–water partition coefficient (Wildman–Crippen LogP) is 5.45. The highest BCUT2D eigenvalue weighted by Gasteiger charge is 2.19. The third-order valence-corrected chi connectivity index (χ3v) is 4.79. The first kappa shape index (κ1) is 16.5. The molecule has 0 aliphatic heterocycles. The fraction of sp³-hybridized carbons (Fsp3) is 0.0526. The van der Waals surface area contributed by atoms with E-state index in [1.165, 1.54) is 29.5 Å². The van der Waals surface area contributed by atoms with Crippen LogP contribution in [-0.4, -0.2) is 9.97 Å². The van der Waals surface area contributed by atoms with Crippen molar-refractivity contribution in [3.8, 4) is 0 Å². The molecule has 2 aromatic carbocycles. The molecule has 130 valence electrons. The fourth-order valence-electron chi connectivity index (χ4n) is 2.69. The lowest BCUT2D eigenvalue weighted by Gasteiger charge is -2.22. The number of thiazole rings is 1. The largest absolute Gasteiger partial charge is 0.311 e. The van der Waals surface area contributed by atoms with Crippen LogP contribution in [0.1, 0.15) is 5.56 Å². The molecule has 26 heavy (non-hydrogen) atoms. The number of aromatic nitrogens is 2. The summed E-state index contributed by atoms with van der Waals surface area (Å²) in [5.41, 5.74) is 1.33. The Morgan fingerprint density at radius 1 is 0.923 bits per heavy atom. The van der Waals surface area contributed by atoms with Gasteiger partial charge in [0.25, 0.3) is 0 Å². The van der Waals surface area contributed by atoms with Crippen molar-refractivity contribution in [1.82, 2.24) is 9.97 Å². The molecule has 7 heteroatoms. The molecular weight excluding hydrogens is 359 g/mol. The Morgan fingerprint density at radius 3 is 2.42 bits per heavy atom. The van der Waals surface area contributed by atoms with E-state index in [4.69, 9.17) is 0 Å². The van der Waals surface area contributed by atoms with Gasteiger partial charge in [0.05, 0.1) is 12.2 Å². The highest BCUT2D eigenvalue weighted by atomic mass is 32.1. The zero-order valence-electron chi connectivity index (χ0n) is 13.4. The van der Waals surface area contributed by atoms with Crippen LogP contribution in [0.2, 0.25) is 0 Å². The van der Waals surface area contributed by atoms with Crippen LogP contribution in [0.25, 0.3) is 10.3 Å². The number of anilines is 2. The van der Waals surface area contributed by atoms with E-state index in [1.54, 1.807) is 35.4 Å². The summed E-state index contributed by atoms with van der Waals surface area (Å²) in [4.78, 5) is 11.0. The number of benzene rings is 2. The van der Waals surface area contributed by atoms with Crippen molar-refractivity contribution in [2.24, 2.45) is 0 Å². The lowest BCUT2D eigenvalue weighted by atomic mass is 10.2. The third-order valence-electron chi connectivity index (χ3n) is 3.79. The van der Waals surface area contributed by atoms with Crippen molar-refractivity contribution in [1.29, 1.82) is 0 Å². The van der Waals surface area contributed by atoms with Crippen molar-refractivity contribution in [2.75, 3.05) is 4.90 Å². The van der Waals surface area contributed by atoms with E-state index >= 15 is 0 Å². The summed E-state index contributed by atoms with van der Waals surface area (Å²) >= 11 is 1.29. The van der Waals surface area contributed by atoms with Gasteiger partial charge in [-0.1, -0.05) is 23.5 Å². The Bertz CT molecular complexity index is 1030. The van der Waals surface area contributed by atoms with Gasteiger partial charge in [0.1, 0.15) is 27.8 Å². The van der Waals surface area contributed by atoms with E-state index in [9.17, 15) is 13.2 Å². The summed E-state index contributed by atoms with van der Waals surface area (Å²) in [7, 11) is 0. The van der Waals surface area contributed by atoms with Crippen molar-refractivity contribution in [3.63, 3.8) is 0 Å². The summed E-state index contributed by atoms with van der Waals surface area (Å²) in [5.74, 6) is -1.81. The summed E-state index contributed by atoms with van der Waals surface area (Å²) < 4.78 is 41.6. The molecule has 4 aromatic rings. The quantitative estimate of drug-likeness (QED) is 0.478. The van der Waals surface area contributed by atoms with Gasteiger partial charge in [-0.25, -0.2) is 23.1 Å². The number of hydrogen-bond donors (Lipinski definition) is 0. The summed E-state index contributed by atoms with van der Waals surface area (Å²) in [6, 6.07) is 13.0. The maximum Gasteiger partial charge on any atom is 0.192 e. The molecule has 0 saturated heterocycles. The van der Waals surface area contributed by atoms with Crippen molar-refractivity contribution in [3.05, 3.63) is 83.8 Å². The first-order valence-corrected chi connectivity index (χ1v) is 8.60. The molecule has 0 fully saturated rings. The zero-order valence-corrected chi connectivity index (χ0v) is 14.2. The van der Waals surface area contributed by atoms with Crippen molar-refractivity contribution < 1.29 is 13.2 Å². The highest BCUT2D eigenvalue weighted by Crippen LogP contribution is 2.35. The normalized spacial score (nSPS) is 11.0. The van der Waals surface area contributed by atoms with Crippen LogP contribution in [0.4, 0.5) is 24.0 Å². The number of rotatable bonds is 4. The molecule has 0 unspecified atom stereocenters. The molecule has 2 aromatic heterocycles. The first-order valence-electron chi connectivity index (χ1n) is 7.79. The molecule has 4 rings (SSSR count). The Labute approximate surface area is 151 Å². The fourth-order valence-corrected chi connectivity index (χ4v) is 3.61. The van der Waals surface area contributed by atoms with Crippen molar-refractivity contribution in [2.45, 2.75) is 6.54 Å². The van der Waals surface area contributed by atoms with Crippen LogP contribution in [-0.2, 0) is 6.54 Å². The number of para-hydroxylation sites is 1. The van der Waals surface area contributed by atoms with Gasteiger partial charge >= 0.3 is 0 Å². The van der Waals surface area contributed by atoms with E-state index in [1.807, 2.05) is 6.07 Å². The number of nitrogens with zero attached hydrogens (tertiary/aromatic N) is 3. The minimum absolute atomic E-state index is 0.0649. The van der Waals surface area contributed by atoms with E-state index in [0.29, 0.717) is 21.0 Å². The van der Waals surface area contributed by atoms with Gasteiger partial charge in [0, 0.05) is 12.3 Å². The second-order valence-corrected chi connectivity index (χ2v) is 6.60. The maximum atomic E-state index is 14.4. The lowest BCUT2D eigenvalue weighted by Crippen LogP contribution is -2.17. The third kappa shape index (κ3) is 3.25. The van der Waals surface area contributed by atoms with E-state index < -0.39 is 17.5 Å². The van der Waals surface area contributed by atoms with Gasteiger partial charge in [-0.3, -0.25) is 0 Å². The summed E-state index contributed by atoms with van der Waals surface area (Å²) in [6.07, 6.45) is 1.65. The molecule has 0 radical (unpaired) electrons. The molecule has 0 aliphatic rings. The molecule has 3 nitrogen and oxygen atoms in total. The van der Waals surface area contributed by atoms with E-state index in [-0.39, 0.29) is 12.2 Å². The van der Waals surface area contributed by atoms with Gasteiger partial charge in [0.2, 0.25) is 0 Å². The second kappa shape index (κ2) is 6.76. The molecule has 0 aliphatic carbocycles. The first-order chi connectivity index (χ1) is 12.6. The van der Waals surface area contributed by atoms with Crippen LogP contribution < -0.4 is 4.90 Å². The van der Waals surface area contributed by atoms with Crippen LogP contribution in [0.3, 0.4) is 0 Å². The Morgan fingerprint density at radius 2 is 1.69 bits per heavy atom. The molecule has 2 heterocycles. The maximum absolute atomic E-state index is 14.4. The molecule has 0 saturated carbocycles. The van der Waals surface area contributed by atoms with Crippen LogP contribution >= 0.6 is 11.3 Å². The predicted molar refractivity (Wildman–Crippen MR) is 96.0 cm³/mol. The van der Waals surface area contributed by atoms with Gasteiger partial charge in [-0.2, -0.15) is 0 Å². The molecule has 0 amide bonds. The van der Waals surface area contributed by atoms with Gasteiger partial charge in [-0.05, 0) is 42.0 Å². The Hall–Kier alpha value is -2.93. The SMILES string of the molecule is Fc1cc(F)cc(CN(c2nc3cccnc3s2)c2ccccc2F)c1. The highest BCUT2D eigenvalue weighted by molar-refractivity contribution is 7.21. The van der Waals surface area contributed by atoms with Gasteiger partial charge in [-0.15, -0.1) is 0 Å². The number of hydrogen-bond acceptors (Lipinski definition) is 4. The lowest BCUT2D eigenvalue weighted by molar-refractivity contribution is 0.579. The van der Waals surface area contributed by atoms with E-state index in [0.717, 1.165) is 6.07 Å². The summed E-state index contributed by atoms with van der Waals surface area (Å²) in [6.45, 7) is 0.0649. The average Bonchev–Trinajstić information content (AvgIpc) is 3.03. The van der Waals surface area contributed by atoms with Crippen LogP contribution in [0, 0.1) is 17.5 Å². The topological polar surface area (TPSA) is 29.0 Å². The smallest absolute Gasteiger partial charge is 0.192 e. The Kier molecular flexibility index (Phi) is 4.30. The molecule has 0 atom stereocenters. The summed E-state index contributed by atoms with van der Waals surface area (Å²) in [5, 5.41) is 0.494. The molecular formula is C19H12F3N3S. The van der Waals surface area contributed by atoms with Gasteiger partial charge in [0.15, 0.2) is 5.13 Å². The number of halogens is 3. The monoisotopic (exact) mass is 371 g/mol. The van der Waals surface area contributed by atoms with Crippen molar-refractivity contribution >= 4 is 32.5 Å². The molecule has 0 N–H and O–H groups in total. The minimum Gasteiger partial charge on any atom is -0.311 e. The molecule has 0 bridgehead atoms. The van der Waals surface area contributed by atoms with Crippen LogP contribution in [0.15, 0.2) is 60.8 Å². The van der Waals surface area contributed by atoms with Crippen LogP contribution in [0.5, 0.6) is 0 Å². The second-order valence-electron chi connectivity index (χ2n) is 5.64. The van der Waals surface area contributed by atoms with Gasteiger partial charge < -0.3 is 4.90 Å². The number of pyridine rings is 1. The zero-order chi connectivity index (χ0) is 18.1. The molecule has 0 spiro atoms.